The molecule has 1 aliphatic carbocycles. The average molecular weight is 174 g/mol. The molecule has 1 aromatic rings. The van der Waals surface area contributed by atoms with Crippen molar-refractivity contribution in [3.05, 3.63) is 48.0 Å². The third kappa shape index (κ3) is 1.46. The lowest BCUT2D eigenvalue weighted by molar-refractivity contribution is 0.493. The van der Waals surface area contributed by atoms with E-state index in [1.54, 1.807) is 6.26 Å². The molecule has 1 aromatic heterocycles. The van der Waals surface area contributed by atoms with E-state index >= 15 is 0 Å². The summed E-state index contributed by atoms with van der Waals surface area (Å²) >= 11 is 0. The molecule has 1 heterocycles. The molecule has 1 heteroatoms. The quantitative estimate of drug-likeness (QED) is 0.585. The average Bonchev–Trinajstić information content (AvgIpc) is 2.57. The van der Waals surface area contributed by atoms with Gasteiger partial charge in [-0.25, -0.2) is 0 Å². The maximum absolute atomic E-state index is 5.49. The van der Waals surface area contributed by atoms with Crippen LogP contribution in [0.3, 0.4) is 0 Å². The van der Waals surface area contributed by atoms with Crippen molar-refractivity contribution >= 4 is 0 Å². The predicted octanol–water partition coefficient (Wildman–Crippen LogP) is 3.61. The Kier molecular flexibility index (Phi) is 2.09. The van der Waals surface area contributed by atoms with Crippen molar-refractivity contribution in [2.45, 2.75) is 25.7 Å². The summed E-state index contributed by atoms with van der Waals surface area (Å²) in [6.45, 7) is 4.35. The number of allylic oxidation sites excluding steroid dienone is 4. The molecule has 0 aromatic carbocycles. The van der Waals surface area contributed by atoms with Crippen molar-refractivity contribution in [1.82, 2.24) is 0 Å². The molecule has 0 radical (unpaired) electrons. The third-order valence-electron chi connectivity index (χ3n) is 2.54. The molecule has 0 bridgehead atoms. The molecule has 68 valence electrons. The highest BCUT2D eigenvalue weighted by atomic mass is 16.3. The van der Waals surface area contributed by atoms with Gasteiger partial charge in [-0.2, -0.15) is 0 Å². The fourth-order valence-corrected chi connectivity index (χ4v) is 1.73. The van der Waals surface area contributed by atoms with Gasteiger partial charge in [-0.3, -0.25) is 0 Å². The maximum atomic E-state index is 5.49. The molecule has 2 atom stereocenters. The Labute approximate surface area is 78.8 Å². The van der Waals surface area contributed by atoms with Crippen molar-refractivity contribution in [3.63, 3.8) is 0 Å². The zero-order valence-electron chi connectivity index (χ0n) is 8.03. The largest absolute Gasteiger partial charge is 0.468 e. The van der Waals surface area contributed by atoms with E-state index in [0.29, 0.717) is 11.8 Å². The van der Waals surface area contributed by atoms with Crippen molar-refractivity contribution in [2.24, 2.45) is 0 Å². The van der Waals surface area contributed by atoms with Gasteiger partial charge >= 0.3 is 0 Å². The van der Waals surface area contributed by atoms with Gasteiger partial charge in [-0.1, -0.05) is 38.2 Å². The number of hydrogen-bond donors (Lipinski definition) is 0. The first-order valence-corrected chi connectivity index (χ1v) is 4.71. The first kappa shape index (κ1) is 8.36. The van der Waals surface area contributed by atoms with Crippen LogP contribution in [-0.4, -0.2) is 0 Å². The van der Waals surface area contributed by atoms with Gasteiger partial charge in [0.2, 0.25) is 0 Å². The van der Waals surface area contributed by atoms with Crippen LogP contribution in [0, 0.1) is 0 Å². The van der Waals surface area contributed by atoms with E-state index in [2.05, 4.69) is 44.2 Å². The molecular weight excluding hydrogens is 160 g/mol. The number of fused-ring (bicyclic) bond motifs is 1. The second kappa shape index (κ2) is 3.25. The molecule has 0 N–H and O–H groups in total. The Hall–Kier alpha value is -1.24. The lowest BCUT2D eigenvalue weighted by Crippen LogP contribution is -1.97. The van der Waals surface area contributed by atoms with Crippen LogP contribution < -0.4 is 0 Å². The highest BCUT2D eigenvalue weighted by Gasteiger charge is 2.16. The molecule has 0 fully saturated rings. The van der Waals surface area contributed by atoms with Gasteiger partial charge in [0.1, 0.15) is 5.76 Å². The summed E-state index contributed by atoms with van der Waals surface area (Å²) < 4.78 is 5.49. The molecule has 1 aliphatic rings. The summed E-state index contributed by atoms with van der Waals surface area (Å²) in [5.74, 6) is 1.95. The zero-order valence-corrected chi connectivity index (χ0v) is 8.03. The summed E-state index contributed by atoms with van der Waals surface area (Å²) in [5, 5.41) is 0. The molecule has 0 amide bonds. The smallest absolute Gasteiger partial charge is 0.114 e. The molecule has 1 nitrogen and oxygen atoms in total. The van der Waals surface area contributed by atoms with E-state index in [1.807, 2.05) is 0 Å². The minimum Gasteiger partial charge on any atom is -0.468 e. The highest BCUT2D eigenvalue weighted by molar-refractivity contribution is 5.32. The molecule has 13 heavy (non-hydrogen) atoms. The Balaban J connectivity index is 2.50. The van der Waals surface area contributed by atoms with Crippen molar-refractivity contribution < 1.29 is 4.42 Å². The Bertz CT molecular complexity index is 311. The maximum Gasteiger partial charge on any atom is 0.114 e. The van der Waals surface area contributed by atoms with Gasteiger partial charge in [0.25, 0.3) is 0 Å². The predicted molar refractivity (Wildman–Crippen MR) is 53.8 cm³/mol. The minimum atomic E-state index is 0.386. The van der Waals surface area contributed by atoms with E-state index < -0.39 is 0 Å². The van der Waals surface area contributed by atoms with Crippen molar-refractivity contribution in [3.8, 4) is 0 Å². The SMILES string of the molecule is CC1/C=C\C=C/C(C)c2occc21. The summed E-state index contributed by atoms with van der Waals surface area (Å²) in [4.78, 5) is 0. The molecule has 2 rings (SSSR count). The zero-order chi connectivity index (χ0) is 9.26. The Morgan fingerprint density at radius 3 is 2.54 bits per heavy atom. The van der Waals surface area contributed by atoms with Crippen LogP contribution in [0.2, 0.25) is 0 Å². The third-order valence-corrected chi connectivity index (χ3v) is 2.54. The standard InChI is InChI=1S/C12H14O/c1-9-5-3-4-6-10(2)12-11(9)7-8-13-12/h3-10H,1-2H3/b5-3-,6-4-. The van der Waals surface area contributed by atoms with Gasteiger partial charge in [0.15, 0.2) is 0 Å². The summed E-state index contributed by atoms with van der Waals surface area (Å²) in [6.07, 6.45) is 10.3. The summed E-state index contributed by atoms with van der Waals surface area (Å²) in [5.41, 5.74) is 1.31. The second-order valence-corrected chi connectivity index (χ2v) is 3.59. The molecule has 0 aliphatic heterocycles. The topological polar surface area (TPSA) is 13.1 Å². The number of rotatable bonds is 0. The van der Waals surface area contributed by atoms with Gasteiger partial charge in [0, 0.05) is 17.4 Å². The molecular formula is C12H14O. The Morgan fingerprint density at radius 1 is 1.08 bits per heavy atom. The fourth-order valence-electron chi connectivity index (χ4n) is 1.73. The minimum absolute atomic E-state index is 0.386. The molecule has 2 unspecified atom stereocenters. The van der Waals surface area contributed by atoms with E-state index in [-0.39, 0.29) is 0 Å². The van der Waals surface area contributed by atoms with Gasteiger partial charge in [-0.05, 0) is 6.07 Å². The van der Waals surface area contributed by atoms with Crippen molar-refractivity contribution in [2.75, 3.05) is 0 Å². The van der Waals surface area contributed by atoms with Crippen LogP contribution in [0.15, 0.2) is 41.1 Å². The first-order valence-electron chi connectivity index (χ1n) is 4.71. The van der Waals surface area contributed by atoms with Gasteiger partial charge < -0.3 is 4.42 Å². The van der Waals surface area contributed by atoms with E-state index in [0.717, 1.165) is 5.76 Å². The normalized spacial score (nSPS) is 31.5. The van der Waals surface area contributed by atoms with Crippen LogP contribution in [0.25, 0.3) is 0 Å². The monoisotopic (exact) mass is 174 g/mol. The van der Waals surface area contributed by atoms with Crippen LogP contribution >= 0.6 is 0 Å². The molecule has 0 saturated heterocycles. The van der Waals surface area contributed by atoms with Gasteiger partial charge in [-0.15, -0.1) is 0 Å². The lowest BCUT2D eigenvalue weighted by Gasteiger charge is -2.11. The Morgan fingerprint density at radius 2 is 1.77 bits per heavy atom. The van der Waals surface area contributed by atoms with Crippen LogP contribution in [0.4, 0.5) is 0 Å². The van der Waals surface area contributed by atoms with Gasteiger partial charge in [0.05, 0.1) is 6.26 Å². The fraction of sp³-hybridized carbons (Fsp3) is 0.333. The van der Waals surface area contributed by atoms with E-state index in [4.69, 9.17) is 4.42 Å². The summed E-state index contributed by atoms with van der Waals surface area (Å²) in [6, 6.07) is 2.07. The first-order chi connectivity index (χ1) is 6.29. The van der Waals surface area contributed by atoms with Crippen LogP contribution in [0.5, 0.6) is 0 Å². The highest BCUT2D eigenvalue weighted by Crippen LogP contribution is 2.30. The van der Waals surface area contributed by atoms with Crippen LogP contribution in [-0.2, 0) is 0 Å². The van der Waals surface area contributed by atoms with E-state index in [1.165, 1.54) is 5.56 Å². The van der Waals surface area contributed by atoms with E-state index in [9.17, 15) is 0 Å². The lowest BCUT2D eigenvalue weighted by atomic mass is 9.93. The summed E-state index contributed by atoms with van der Waals surface area (Å²) in [7, 11) is 0. The molecule has 0 spiro atoms. The second-order valence-electron chi connectivity index (χ2n) is 3.59. The molecule has 0 saturated carbocycles. The number of furan rings is 1. The van der Waals surface area contributed by atoms with Crippen LogP contribution in [0.1, 0.15) is 37.0 Å². The number of hydrogen-bond acceptors (Lipinski definition) is 1. The van der Waals surface area contributed by atoms with Crippen molar-refractivity contribution in [1.29, 1.82) is 0 Å².